The van der Waals surface area contributed by atoms with Crippen LogP contribution in [-0.4, -0.2) is 62.2 Å². The summed E-state index contributed by atoms with van der Waals surface area (Å²) in [5, 5.41) is -0.302. The van der Waals surface area contributed by atoms with E-state index in [0.29, 0.717) is 24.6 Å². The average molecular weight is 530 g/mol. The van der Waals surface area contributed by atoms with Gasteiger partial charge in [0.1, 0.15) is 4.90 Å². The number of carbonyl (C=O) groups is 2. The number of benzene rings is 2. The Morgan fingerprint density at radius 1 is 0.914 bits per heavy atom. The Bertz CT molecular complexity index is 1230. The molecule has 0 aromatic heterocycles. The lowest BCUT2D eigenvalue weighted by molar-refractivity contribution is -0.137. The number of anilines is 1. The normalized spacial score (nSPS) is 18.1. The number of rotatable bonds is 4. The van der Waals surface area contributed by atoms with E-state index in [4.69, 9.17) is 11.6 Å². The van der Waals surface area contributed by atoms with Crippen molar-refractivity contribution in [1.29, 1.82) is 0 Å². The van der Waals surface area contributed by atoms with Crippen LogP contribution in [0, 0.1) is 0 Å². The fourth-order valence-electron chi connectivity index (χ4n) is 4.19. The Morgan fingerprint density at radius 2 is 1.57 bits per heavy atom. The van der Waals surface area contributed by atoms with E-state index in [1.807, 2.05) is 0 Å². The van der Waals surface area contributed by atoms with Crippen LogP contribution in [0.4, 0.5) is 18.9 Å². The van der Waals surface area contributed by atoms with Crippen molar-refractivity contribution in [3.8, 4) is 0 Å². The number of piperazine rings is 1. The van der Waals surface area contributed by atoms with Gasteiger partial charge in [0.05, 0.1) is 10.6 Å². The number of hydrogen-bond donors (Lipinski definition) is 0. The largest absolute Gasteiger partial charge is 0.416 e. The molecular weight excluding hydrogens is 507 g/mol. The van der Waals surface area contributed by atoms with E-state index in [0.717, 1.165) is 35.0 Å². The molecule has 2 aliphatic rings. The summed E-state index contributed by atoms with van der Waals surface area (Å²) in [6, 6.07) is 8.86. The van der Waals surface area contributed by atoms with Crippen LogP contribution >= 0.6 is 11.6 Å². The zero-order valence-electron chi connectivity index (χ0n) is 18.6. The van der Waals surface area contributed by atoms with E-state index in [9.17, 15) is 31.2 Å². The van der Waals surface area contributed by atoms with Crippen LogP contribution in [0.3, 0.4) is 0 Å². The number of piperidine rings is 1. The first-order chi connectivity index (χ1) is 16.5. The van der Waals surface area contributed by atoms with Gasteiger partial charge in [-0.3, -0.25) is 9.59 Å². The number of alkyl halides is 3. The Labute approximate surface area is 206 Å². The van der Waals surface area contributed by atoms with E-state index < -0.39 is 26.7 Å². The van der Waals surface area contributed by atoms with Crippen molar-refractivity contribution in [3.63, 3.8) is 0 Å². The lowest BCUT2D eigenvalue weighted by Gasteiger charge is -2.34. The maximum Gasteiger partial charge on any atom is 0.416 e. The summed E-state index contributed by atoms with van der Waals surface area (Å²) < 4.78 is 66.2. The van der Waals surface area contributed by atoms with E-state index in [2.05, 4.69) is 0 Å². The standard InChI is InChI=1S/C23H23ClF3N3O4S/c24-19-9-6-17(23(25,26)27)15-20(19)35(33,34)29-13-11-28(12-14-29)22(32)16-4-7-18(8-5-16)30-10-2-1-3-21(30)31/h4-9,15H,1-3,10-14H2. The zero-order valence-corrected chi connectivity index (χ0v) is 20.2. The quantitative estimate of drug-likeness (QED) is 0.599. The number of carbonyl (C=O) groups excluding carboxylic acids is 2. The number of nitrogens with zero attached hydrogens (tertiary/aromatic N) is 3. The van der Waals surface area contributed by atoms with E-state index in [1.165, 1.54) is 4.90 Å². The SMILES string of the molecule is O=C(c1ccc(N2CCCCC2=O)cc1)N1CCN(S(=O)(=O)c2cc(C(F)(F)F)ccc2Cl)CC1. The van der Waals surface area contributed by atoms with Crippen molar-refractivity contribution < 1.29 is 31.2 Å². The van der Waals surface area contributed by atoms with Gasteiger partial charge in [-0.15, -0.1) is 0 Å². The molecule has 2 amide bonds. The second-order valence-corrected chi connectivity index (χ2v) is 10.7. The molecule has 12 heteroatoms. The summed E-state index contributed by atoms with van der Waals surface area (Å²) in [5.74, 6) is -0.246. The minimum atomic E-state index is -4.71. The maximum absolute atomic E-state index is 13.1. The highest BCUT2D eigenvalue weighted by molar-refractivity contribution is 7.89. The van der Waals surface area contributed by atoms with Gasteiger partial charge < -0.3 is 9.80 Å². The predicted molar refractivity (Wildman–Crippen MR) is 124 cm³/mol. The summed E-state index contributed by atoms with van der Waals surface area (Å²) in [6.07, 6.45) is -2.42. The van der Waals surface area contributed by atoms with Crippen molar-refractivity contribution in [1.82, 2.24) is 9.21 Å². The number of sulfonamides is 1. The molecule has 0 aliphatic carbocycles. The van der Waals surface area contributed by atoms with Gasteiger partial charge in [0.15, 0.2) is 0 Å². The molecule has 2 saturated heterocycles. The molecule has 2 fully saturated rings. The lowest BCUT2D eigenvalue weighted by Crippen LogP contribution is -2.50. The Hall–Kier alpha value is -2.63. The molecule has 4 rings (SSSR count). The molecule has 7 nitrogen and oxygen atoms in total. The monoisotopic (exact) mass is 529 g/mol. The van der Waals surface area contributed by atoms with Crippen molar-refractivity contribution in [3.05, 3.63) is 58.6 Å². The maximum atomic E-state index is 13.1. The predicted octanol–water partition coefficient (Wildman–Crippen LogP) is 4.02. The topological polar surface area (TPSA) is 78.0 Å². The highest BCUT2D eigenvalue weighted by atomic mass is 35.5. The first kappa shape index (κ1) is 25.5. The van der Waals surface area contributed by atoms with Gasteiger partial charge in [0.2, 0.25) is 15.9 Å². The van der Waals surface area contributed by atoms with Crippen molar-refractivity contribution in [2.75, 3.05) is 37.6 Å². The molecule has 2 aliphatic heterocycles. The summed E-state index contributed by atoms with van der Waals surface area (Å²) in [7, 11) is -4.29. The van der Waals surface area contributed by atoms with Crippen LogP contribution in [0.15, 0.2) is 47.4 Å². The second kappa shape index (κ2) is 9.79. The fraction of sp³-hybridized carbons (Fsp3) is 0.391. The molecule has 0 N–H and O–H groups in total. The van der Waals surface area contributed by atoms with Crippen LogP contribution in [0.25, 0.3) is 0 Å². The first-order valence-corrected chi connectivity index (χ1v) is 12.9. The van der Waals surface area contributed by atoms with Crippen LogP contribution < -0.4 is 4.90 Å². The summed E-state index contributed by atoms with van der Waals surface area (Å²) in [6.45, 7) is 0.614. The number of halogens is 4. The van der Waals surface area contributed by atoms with Crippen LogP contribution in [0.1, 0.15) is 35.2 Å². The van der Waals surface area contributed by atoms with E-state index in [-0.39, 0.29) is 43.0 Å². The number of hydrogen-bond acceptors (Lipinski definition) is 4. The molecule has 2 aromatic carbocycles. The van der Waals surface area contributed by atoms with Crippen LogP contribution in [0.5, 0.6) is 0 Å². The Morgan fingerprint density at radius 3 is 2.17 bits per heavy atom. The molecule has 2 heterocycles. The molecule has 0 atom stereocenters. The molecule has 0 spiro atoms. The smallest absolute Gasteiger partial charge is 0.336 e. The van der Waals surface area contributed by atoms with Gasteiger partial charge >= 0.3 is 6.18 Å². The number of amides is 2. The molecule has 0 unspecified atom stereocenters. The molecule has 35 heavy (non-hydrogen) atoms. The van der Waals surface area contributed by atoms with Gasteiger partial charge in [-0.05, 0) is 55.3 Å². The molecular formula is C23H23ClF3N3O4S. The third kappa shape index (κ3) is 5.31. The zero-order chi connectivity index (χ0) is 25.4. The van der Waals surface area contributed by atoms with Crippen molar-refractivity contribution in [2.24, 2.45) is 0 Å². The second-order valence-electron chi connectivity index (χ2n) is 8.39. The fourth-order valence-corrected chi connectivity index (χ4v) is 6.12. The minimum absolute atomic E-state index is 0.0496. The molecule has 188 valence electrons. The highest BCUT2D eigenvalue weighted by Gasteiger charge is 2.36. The molecule has 0 bridgehead atoms. The summed E-state index contributed by atoms with van der Waals surface area (Å²) in [4.78, 5) is 27.6. The van der Waals surface area contributed by atoms with Crippen molar-refractivity contribution >= 4 is 39.1 Å². The van der Waals surface area contributed by atoms with Gasteiger partial charge in [0.25, 0.3) is 5.91 Å². The van der Waals surface area contributed by atoms with Crippen LogP contribution in [0.2, 0.25) is 5.02 Å². The molecule has 0 saturated carbocycles. The van der Waals surface area contributed by atoms with Gasteiger partial charge in [-0.25, -0.2) is 8.42 Å². The van der Waals surface area contributed by atoms with Crippen LogP contribution in [-0.2, 0) is 21.0 Å². The highest BCUT2D eigenvalue weighted by Crippen LogP contribution is 2.34. The average Bonchev–Trinajstić information content (AvgIpc) is 2.83. The minimum Gasteiger partial charge on any atom is -0.336 e. The van der Waals surface area contributed by atoms with Gasteiger partial charge in [0, 0.05) is 50.4 Å². The van der Waals surface area contributed by atoms with E-state index in [1.54, 1.807) is 29.2 Å². The first-order valence-electron chi connectivity index (χ1n) is 11.0. The Balaban J connectivity index is 1.43. The third-order valence-corrected chi connectivity index (χ3v) is 8.53. The summed E-state index contributed by atoms with van der Waals surface area (Å²) >= 11 is 5.92. The third-order valence-electron chi connectivity index (χ3n) is 6.15. The molecule has 0 radical (unpaired) electrons. The lowest BCUT2D eigenvalue weighted by atomic mass is 10.1. The Kier molecular flexibility index (Phi) is 7.12. The van der Waals surface area contributed by atoms with Crippen molar-refractivity contribution in [2.45, 2.75) is 30.3 Å². The van der Waals surface area contributed by atoms with Gasteiger partial charge in [-0.2, -0.15) is 17.5 Å². The van der Waals surface area contributed by atoms with Gasteiger partial charge in [-0.1, -0.05) is 11.6 Å². The summed E-state index contributed by atoms with van der Waals surface area (Å²) in [5.41, 5.74) is 0.0135. The van der Waals surface area contributed by atoms with E-state index >= 15 is 0 Å². The molecule has 2 aromatic rings.